The van der Waals surface area contributed by atoms with Gasteiger partial charge in [0.15, 0.2) is 0 Å². The third-order valence-electron chi connectivity index (χ3n) is 7.05. The topological polar surface area (TPSA) is 116 Å². The molecule has 0 heterocycles. The smallest absolute Gasteiger partial charge is 0.326 e. The molecule has 3 rings (SSSR count). The first-order valence-electron chi connectivity index (χ1n) is 14.0. The van der Waals surface area contributed by atoms with Crippen molar-refractivity contribution in [2.24, 2.45) is 0 Å². The van der Waals surface area contributed by atoms with Crippen molar-refractivity contribution in [2.45, 2.75) is 38.8 Å². The molecule has 0 aliphatic heterocycles. The van der Waals surface area contributed by atoms with E-state index in [2.05, 4.69) is 10.6 Å². The minimum absolute atomic E-state index is 0.0282. The van der Waals surface area contributed by atoms with Crippen LogP contribution in [-0.4, -0.2) is 73.6 Å². The molecule has 0 fully saturated rings. The number of nitrogens with zero attached hydrogens (tertiary/aromatic N) is 1. The summed E-state index contributed by atoms with van der Waals surface area (Å²) in [4.78, 5) is 25.3. The SMILES string of the molecule is CNCCCS(=O)(=O)N(CCc1ccccc1)Cc1ccc(C(=O)N[C@@H](CCSC)C(=O)O)c(-c2ccccc2C)c1. The summed E-state index contributed by atoms with van der Waals surface area (Å²) in [6.07, 6.45) is 3.26. The summed E-state index contributed by atoms with van der Waals surface area (Å²) in [5.74, 6) is -0.930. The highest BCUT2D eigenvalue weighted by Crippen LogP contribution is 2.29. The second kappa shape index (κ2) is 16.5. The number of carboxylic acids is 1. The van der Waals surface area contributed by atoms with Gasteiger partial charge in [0.25, 0.3) is 5.91 Å². The maximum Gasteiger partial charge on any atom is 0.326 e. The molecule has 0 spiro atoms. The number of aliphatic carboxylic acids is 1. The molecule has 1 atom stereocenters. The first-order chi connectivity index (χ1) is 20.2. The summed E-state index contributed by atoms with van der Waals surface area (Å²) >= 11 is 1.52. The summed E-state index contributed by atoms with van der Waals surface area (Å²) in [6.45, 7) is 3.02. The Balaban J connectivity index is 1.97. The number of nitrogens with one attached hydrogen (secondary N) is 2. The van der Waals surface area contributed by atoms with E-state index in [1.165, 1.54) is 16.1 Å². The monoisotopic (exact) mass is 611 g/mol. The lowest BCUT2D eigenvalue weighted by molar-refractivity contribution is -0.139. The van der Waals surface area contributed by atoms with Crippen molar-refractivity contribution in [3.8, 4) is 11.1 Å². The summed E-state index contributed by atoms with van der Waals surface area (Å²) in [6, 6.07) is 21.7. The fourth-order valence-electron chi connectivity index (χ4n) is 4.69. The third-order valence-corrected chi connectivity index (χ3v) is 9.60. The molecular formula is C32H41N3O5S2. The molecule has 3 N–H and O–H groups in total. The van der Waals surface area contributed by atoms with Crippen molar-refractivity contribution in [1.29, 1.82) is 0 Å². The average molecular weight is 612 g/mol. The number of carbonyl (C=O) groups excluding carboxylic acids is 1. The Bertz CT molecular complexity index is 1430. The van der Waals surface area contributed by atoms with Gasteiger partial charge in [-0.25, -0.2) is 13.2 Å². The van der Waals surface area contributed by atoms with E-state index in [1.54, 1.807) is 19.2 Å². The Morgan fingerprint density at radius 3 is 2.36 bits per heavy atom. The zero-order valence-electron chi connectivity index (χ0n) is 24.5. The quantitative estimate of drug-likeness (QED) is 0.191. The van der Waals surface area contributed by atoms with Crippen LogP contribution >= 0.6 is 11.8 Å². The Labute approximate surface area is 254 Å². The van der Waals surface area contributed by atoms with E-state index >= 15 is 0 Å². The number of thioether (sulfide) groups is 1. The Morgan fingerprint density at radius 2 is 1.69 bits per heavy atom. The number of carboxylic acid groups (broad SMARTS) is 1. The van der Waals surface area contributed by atoms with E-state index in [1.807, 2.05) is 73.8 Å². The fraction of sp³-hybridized carbons (Fsp3) is 0.375. The largest absolute Gasteiger partial charge is 0.480 e. The van der Waals surface area contributed by atoms with E-state index < -0.39 is 27.9 Å². The van der Waals surface area contributed by atoms with Gasteiger partial charge in [-0.1, -0.05) is 60.7 Å². The van der Waals surface area contributed by atoms with Gasteiger partial charge in [-0.3, -0.25) is 4.79 Å². The van der Waals surface area contributed by atoms with Crippen molar-refractivity contribution >= 4 is 33.7 Å². The maximum absolute atomic E-state index is 13.5. The van der Waals surface area contributed by atoms with Crippen LogP contribution in [0.3, 0.4) is 0 Å². The lowest BCUT2D eigenvalue weighted by Gasteiger charge is -2.23. The zero-order chi connectivity index (χ0) is 30.5. The van der Waals surface area contributed by atoms with Gasteiger partial charge < -0.3 is 15.7 Å². The predicted molar refractivity (Wildman–Crippen MR) is 171 cm³/mol. The van der Waals surface area contributed by atoms with Gasteiger partial charge in [0.1, 0.15) is 6.04 Å². The number of aryl methyl sites for hydroxylation is 1. The van der Waals surface area contributed by atoms with Gasteiger partial charge in [-0.15, -0.1) is 0 Å². The molecule has 42 heavy (non-hydrogen) atoms. The highest BCUT2D eigenvalue weighted by Gasteiger charge is 2.25. The molecule has 0 radical (unpaired) electrons. The molecule has 0 saturated heterocycles. The number of benzene rings is 3. The first-order valence-corrected chi connectivity index (χ1v) is 17.0. The Hall–Kier alpha value is -3.18. The molecule has 226 valence electrons. The zero-order valence-corrected chi connectivity index (χ0v) is 26.1. The number of rotatable bonds is 17. The predicted octanol–water partition coefficient (Wildman–Crippen LogP) is 4.58. The number of amides is 1. The molecule has 0 bridgehead atoms. The second-order valence-electron chi connectivity index (χ2n) is 10.2. The molecule has 0 aromatic heterocycles. The van der Waals surface area contributed by atoms with Crippen LogP contribution in [0.5, 0.6) is 0 Å². The highest BCUT2D eigenvalue weighted by atomic mass is 32.2. The fourth-order valence-corrected chi connectivity index (χ4v) is 6.65. The van der Waals surface area contributed by atoms with Crippen LogP contribution in [0.4, 0.5) is 0 Å². The number of carbonyl (C=O) groups is 2. The first kappa shape index (κ1) is 33.3. The lowest BCUT2D eigenvalue weighted by Crippen LogP contribution is -2.41. The molecule has 0 unspecified atom stereocenters. The molecule has 3 aromatic rings. The number of hydrogen-bond donors (Lipinski definition) is 3. The number of hydrogen-bond acceptors (Lipinski definition) is 6. The molecule has 0 saturated carbocycles. The molecular weight excluding hydrogens is 571 g/mol. The van der Waals surface area contributed by atoms with Crippen LogP contribution in [0.1, 0.15) is 39.9 Å². The second-order valence-corrected chi connectivity index (χ2v) is 13.3. The van der Waals surface area contributed by atoms with E-state index in [0.717, 1.165) is 22.3 Å². The number of sulfonamides is 1. The molecule has 10 heteroatoms. The molecule has 8 nitrogen and oxygen atoms in total. The van der Waals surface area contributed by atoms with Crippen molar-refractivity contribution in [3.63, 3.8) is 0 Å². The van der Waals surface area contributed by atoms with Crippen LogP contribution in [0.25, 0.3) is 11.1 Å². The van der Waals surface area contributed by atoms with Gasteiger partial charge >= 0.3 is 5.97 Å². The average Bonchev–Trinajstić information content (AvgIpc) is 2.97. The van der Waals surface area contributed by atoms with Crippen molar-refractivity contribution < 1.29 is 23.1 Å². The van der Waals surface area contributed by atoms with Gasteiger partial charge in [-0.05, 0) is 91.7 Å². The van der Waals surface area contributed by atoms with Gasteiger partial charge in [0.05, 0.1) is 5.75 Å². The summed E-state index contributed by atoms with van der Waals surface area (Å²) in [7, 11) is -1.76. The third kappa shape index (κ3) is 9.69. The van der Waals surface area contributed by atoms with Crippen LogP contribution in [0, 0.1) is 6.92 Å². The van der Waals surface area contributed by atoms with Crippen LogP contribution in [-0.2, 0) is 27.8 Å². The maximum atomic E-state index is 13.5. The van der Waals surface area contributed by atoms with Gasteiger partial charge in [-0.2, -0.15) is 16.1 Å². The lowest BCUT2D eigenvalue weighted by atomic mass is 9.93. The van der Waals surface area contributed by atoms with Gasteiger partial charge in [0.2, 0.25) is 10.0 Å². The Kier molecular flexibility index (Phi) is 13.1. The summed E-state index contributed by atoms with van der Waals surface area (Å²) < 4.78 is 28.5. The van der Waals surface area contributed by atoms with Crippen LogP contribution in [0.15, 0.2) is 72.8 Å². The van der Waals surface area contributed by atoms with E-state index in [4.69, 9.17) is 0 Å². The summed E-state index contributed by atoms with van der Waals surface area (Å²) in [5.41, 5.74) is 4.54. The normalized spacial score (nSPS) is 12.3. The van der Waals surface area contributed by atoms with Gasteiger partial charge in [0, 0.05) is 18.7 Å². The Morgan fingerprint density at radius 1 is 0.976 bits per heavy atom. The van der Waals surface area contributed by atoms with E-state index in [0.29, 0.717) is 49.2 Å². The minimum atomic E-state index is -3.56. The van der Waals surface area contributed by atoms with Crippen LogP contribution < -0.4 is 10.6 Å². The molecule has 0 aliphatic carbocycles. The van der Waals surface area contributed by atoms with E-state index in [9.17, 15) is 23.1 Å². The molecule has 3 aromatic carbocycles. The standard InChI is InChI=1S/C32H41N3O5S2/c1-24-10-7-8-13-27(24)29-22-26(14-15-28(29)31(36)34-30(32(37)38)17-20-41-3)23-35(42(39,40)21-9-18-33-2)19-16-25-11-5-4-6-12-25/h4-8,10-15,22,30,33H,9,16-21,23H2,1-3H3,(H,34,36)(H,37,38)/t30-/m0/s1. The van der Waals surface area contributed by atoms with Crippen molar-refractivity contribution in [2.75, 3.05) is 37.9 Å². The van der Waals surface area contributed by atoms with Crippen molar-refractivity contribution in [1.82, 2.24) is 14.9 Å². The highest BCUT2D eigenvalue weighted by molar-refractivity contribution is 7.98. The molecule has 0 aliphatic rings. The minimum Gasteiger partial charge on any atom is -0.480 e. The van der Waals surface area contributed by atoms with Crippen LogP contribution in [0.2, 0.25) is 0 Å². The molecule has 1 amide bonds. The van der Waals surface area contributed by atoms with E-state index in [-0.39, 0.29) is 12.3 Å². The summed E-state index contributed by atoms with van der Waals surface area (Å²) in [5, 5.41) is 15.4. The van der Waals surface area contributed by atoms with Crippen molar-refractivity contribution in [3.05, 3.63) is 95.1 Å².